The maximum Gasteiger partial charge on any atom is 0.513 e. The summed E-state index contributed by atoms with van der Waals surface area (Å²) in [7, 11) is -2.76. The van der Waals surface area contributed by atoms with E-state index in [0.29, 0.717) is 11.5 Å². The van der Waals surface area contributed by atoms with E-state index in [0.717, 1.165) is 15.6 Å². The SMILES string of the molecule is COc1ccccc1Oc1c(NS(=O)(=O)c2ccc(C(C)(C)C)cc2)nc(-c2ncccn2)nc1OCCOC(=O)Oc1cccc(CI)c1. The molecule has 15 heteroatoms. The van der Waals surface area contributed by atoms with Crippen LogP contribution in [-0.4, -0.2) is 54.8 Å². The Morgan fingerprint density at radius 1 is 0.860 bits per heavy atom. The molecule has 5 rings (SSSR count). The number of alkyl halides is 1. The lowest BCUT2D eigenvalue weighted by Gasteiger charge is -2.20. The Morgan fingerprint density at radius 2 is 1.58 bits per heavy atom. The van der Waals surface area contributed by atoms with Crippen LogP contribution in [0.15, 0.2) is 96.2 Å². The first-order chi connectivity index (χ1) is 24.0. The standard InChI is InChI=1S/C35H34IN5O8S/c1-35(2,3)24-13-15-26(16-14-24)50(43,44)41-30-29(49-28-12-6-5-11-27(28)45-4)33(40-32(39-30)31-37-17-8-18-38-31)46-19-20-47-34(42)48-25-10-7-9-23(21-25)22-36/h5-18,21H,19-20,22H2,1-4H3,(H,39,40,41). The number of benzene rings is 3. The van der Waals surface area contributed by atoms with E-state index < -0.39 is 16.2 Å². The van der Waals surface area contributed by atoms with Gasteiger partial charge in [-0.2, -0.15) is 4.98 Å². The molecule has 0 radical (unpaired) electrons. The van der Waals surface area contributed by atoms with Crippen LogP contribution < -0.4 is 23.7 Å². The molecule has 2 aromatic heterocycles. The highest BCUT2D eigenvalue weighted by Gasteiger charge is 2.26. The lowest BCUT2D eigenvalue weighted by molar-refractivity contribution is 0.0836. The molecule has 0 atom stereocenters. The summed E-state index contributed by atoms with van der Waals surface area (Å²) in [6.07, 6.45) is 2.04. The van der Waals surface area contributed by atoms with Crippen LogP contribution >= 0.6 is 22.6 Å². The maximum absolute atomic E-state index is 13.8. The fourth-order valence-electron chi connectivity index (χ4n) is 4.42. The van der Waals surface area contributed by atoms with Crippen LogP contribution in [-0.2, 0) is 24.6 Å². The Bertz CT molecular complexity index is 2040. The van der Waals surface area contributed by atoms with Gasteiger partial charge in [0, 0.05) is 16.8 Å². The molecule has 2 heterocycles. The number of anilines is 1. The van der Waals surface area contributed by atoms with E-state index in [1.165, 1.54) is 31.6 Å². The van der Waals surface area contributed by atoms with Gasteiger partial charge in [0.05, 0.1) is 12.0 Å². The minimum atomic E-state index is -4.23. The van der Waals surface area contributed by atoms with Crippen LogP contribution in [0.1, 0.15) is 31.9 Å². The van der Waals surface area contributed by atoms with Gasteiger partial charge in [-0.15, -0.1) is 0 Å². The van der Waals surface area contributed by atoms with Crippen molar-refractivity contribution in [3.8, 4) is 40.5 Å². The van der Waals surface area contributed by atoms with Crippen molar-refractivity contribution in [3.63, 3.8) is 0 Å². The first-order valence-corrected chi connectivity index (χ1v) is 18.2. The minimum Gasteiger partial charge on any atom is -0.493 e. The van der Waals surface area contributed by atoms with E-state index in [1.807, 2.05) is 26.8 Å². The Morgan fingerprint density at radius 3 is 2.26 bits per heavy atom. The minimum absolute atomic E-state index is 0.0109. The first kappa shape index (κ1) is 36.3. The van der Waals surface area contributed by atoms with Crippen LogP contribution in [0.25, 0.3) is 11.6 Å². The van der Waals surface area contributed by atoms with Crippen molar-refractivity contribution >= 4 is 44.6 Å². The van der Waals surface area contributed by atoms with Crippen molar-refractivity contribution in [2.24, 2.45) is 0 Å². The zero-order valence-corrected chi connectivity index (χ0v) is 30.6. The molecule has 0 unspecified atom stereocenters. The molecule has 0 spiro atoms. The summed E-state index contributed by atoms with van der Waals surface area (Å²) >= 11 is 2.21. The largest absolute Gasteiger partial charge is 0.513 e. The number of hydrogen-bond donors (Lipinski definition) is 1. The Labute approximate surface area is 303 Å². The van der Waals surface area contributed by atoms with E-state index in [9.17, 15) is 13.2 Å². The molecule has 260 valence electrons. The molecule has 0 aliphatic heterocycles. The summed E-state index contributed by atoms with van der Waals surface area (Å²) in [5.41, 5.74) is 1.75. The van der Waals surface area contributed by atoms with Gasteiger partial charge in [-0.3, -0.25) is 4.72 Å². The highest BCUT2D eigenvalue weighted by molar-refractivity contribution is 14.1. The monoisotopic (exact) mass is 811 g/mol. The molecular formula is C35H34IN5O8S. The van der Waals surface area contributed by atoms with E-state index >= 15 is 0 Å². The fraction of sp³-hybridized carbons (Fsp3) is 0.229. The number of rotatable bonds is 13. The second-order valence-corrected chi connectivity index (χ2v) is 14.0. The predicted octanol–water partition coefficient (Wildman–Crippen LogP) is 7.36. The van der Waals surface area contributed by atoms with Gasteiger partial charge in [0.2, 0.25) is 11.6 Å². The molecule has 13 nitrogen and oxygen atoms in total. The molecule has 0 fully saturated rings. The van der Waals surface area contributed by atoms with Gasteiger partial charge in [0.25, 0.3) is 15.9 Å². The van der Waals surface area contributed by atoms with E-state index in [2.05, 4.69) is 47.2 Å². The average molecular weight is 812 g/mol. The Balaban J connectivity index is 1.48. The molecule has 1 N–H and O–H groups in total. The topological polar surface area (TPSA) is 161 Å². The Hall–Kier alpha value is -5.03. The lowest BCUT2D eigenvalue weighted by Crippen LogP contribution is -2.18. The fourth-order valence-corrected chi connectivity index (χ4v) is 5.90. The van der Waals surface area contributed by atoms with Crippen molar-refractivity contribution in [2.45, 2.75) is 35.5 Å². The van der Waals surface area contributed by atoms with Crippen molar-refractivity contribution < 1.29 is 36.9 Å². The van der Waals surface area contributed by atoms with E-state index in [-0.39, 0.29) is 58.4 Å². The van der Waals surface area contributed by atoms with E-state index in [4.69, 9.17) is 23.7 Å². The number of sulfonamides is 1. The van der Waals surface area contributed by atoms with Crippen LogP contribution in [0.3, 0.4) is 0 Å². The molecular weight excluding hydrogens is 777 g/mol. The van der Waals surface area contributed by atoms with Gasteiger partial charge >= 0.3 is 6.16 Å². The number of hydrogen-bond acceptors (Lipinski definition) is 12. The molecule has 0 aliphatic carbocycles. The molecule has 5 aromatic rings. The zero-order valence-electron chi connectivity index (χ0n) is 27.6. The third-order valence-electron chi connectivity index (χ3n) is 6.94. The molecule has 0 saturated carbocycles. The van der Waals surface area contributed by atoms with Gasteiger partial charge in [-0.05, 0) is 59.0 Å². The van der Waals surface area contributed by atoms with Gasteiger partial charge in [-0.25, -0.2) is 28.2 Å². The molecule has 0 amide bonds. The molecule has 0 bridgehead atoms. The van der Waals surface area contributed by atoms with Crippen molar-refractivity contribution in [2.75, 3.05) is 25.0 Å². The number of para-hydroxylation sites is 2. The number of nitrogens with one attached hydrogen (secondary N) is 1. The van der Waals surface area contributed by atoms with Crippen molar-refractivity contribution in [3.05, 3.63) is 102 Å². The normalized spacial score (nSPS) is 11.4. The summed E-state index contributed by atoms with van der Waals surface area (Å²) < 4.78 is 58.9. The van der Waals surface area contributed by atoms with Crippen molar-refractivity contribution in [1.82, 2.24) is 19.9 Å². The maximum atomic E-state index is 13.8. The van der Waals surface area contributed by atoms with Crippen LogP contribution in [0.4, 0.5) is 10.6 Å². The van der Waals surface area contributed by atoms with Gasteiger partial charge in [0.1, 0.15) is 19.0 Å². The summed E-state index contributed by atoms with van der Waals surface area (Å²) in [6.45, 7) is 5.62. The number of aromatic nitrogens is 4. The second-order valence-electron chi connectivity index (χ2n) is 11.6. The summed E-state index contributed by atoms with van der Waals surface area (Å²) in [4.78, 5) is 29.8. The highest BCUT2D eigenvalue weighted by Crippen LogP contribution is 2.41. The first-order valence-electron chi connectivity index (χ1n) is 15.2. The average Bonchev–Trinajstić information content (AvgIpc) is 3.11. The van der Waals surface area contributed by atoms with E-state index in [1.54, 1.807) is 60.7 Å². The smallest absolute Gasteiger partial charge is 0.493 e. The number of halogens is 1. The van der Waals surface area contributed by atoms with Crippen LogP contribution in [0, 0.1) is 0 Å². The van der Waals surface area contributed by atoms with Crippen molar-refractivity contribution in [1.29, 1.82) is 0 Å². The predicted molar refractivity (Wildman–Crippen MR) is 194 cm³/mol. The summed E-state index contributed by atoms with van der Waals surface area (Å²) in [5, 5.41) is 0. The zero-order chi connectivity index (χ0) is 35.7. The number of ether oxygens (including phenoxy) is 5. The second kappa shape index (κ2) is 16.1. The summed E-state index contributed by atoms with van der Waals surface area (Å²) in [6, 6.07) is 22.0. The Kier molecular flexibility index (Phi) is 11.7. The van der Waals surface area contributed by atoms with Gasteiger partial charge in [0.15, 0.2) is 23.1 Å². The molecule has 0 saturated heterocycles. The molecule has 50 heavy (non-hydrogen) atoms. The summed E-state index contributed by atoms with van der Waals surface area (Å²) in [5.74, 6) is 0.274. The van der Waals surface area contributed by atoms with Crippen LogP contribution in [0.2, 0.25) is 0 Å². The number of carbonyl (C=O) groups excluding carboxylic acids is 1. The number of methoxy groups -OCH3 is 1. The quantitative estimate of drug-likeness (QED) is 0.0414. The lowest BCUT2D eigenvalue weighted by atomic mass is 9.87. The van der Waals surface area contributed by atoms with Gasteiger partial charge in [-0.1, -0.05) is 79.8 Å². The third-order valence-corrected chi connectivity index (χ3v) is 9.17. The van der Waals surface area contributed by atoms with Crippen LogP contribution in [0.5, 0.6) is 28.9 Å². The molecule has 3 aromatic carbocycles. The third kappa shape index (κ3) is 9.35. The highest BCUT2D eigenvalue weighted by atomic mass is 127. The van der Waals surface area contributed by atoms with Gasteiger partial charge < -0.3 is 23.7 Å². The number of carbonyl (C=O) groups is 1. The molecule has 0 aliphatic rings. The number of nitrogens with zero attached hydrogens (tertiary/aromatic N) is 4.